The van der Waals surface area contributed by atoms with Gasteiger partial charge in [-0.15, -0.1) is 0 Å². The molecule has 5 nitrogen and oxygen atoms in total. The average molecular weight is 259 g/mol. The molecular formula is C14H21N5. The van der Waals surface area contributed by atoms with Crippen molar-refractivity contribution < 1.29 is 0 Å². The lowest BCUT2D eigenvalue weighted by Gasteiger charge is -2.28. The topological polar surface area (TPSA) is 47.2 Å². The fraction of sp³-hybridized carbons (Fsp3) is 0.500. The Hall–Kier alpha value is -1.59. The summed E-state index contributed by atoms with van der Waals surface area (Å²) in [6.45, 7) is 6.60. The van der Waals surface area contributed by atoms with Gasteiger partial charge in [0.15, 0.2) is 0 Å². The first-order valence-electron chi connectivity index (χ1n) is 6.92. The van der Waals surface area contributed by atoms with Gasteiger partial charge in [-0.1, -0.05) is 12.1 Å². The molecule has 3 rings (SSSR count). The maximum absolute atomic E-state index is 4.62. The maximum Gasteiger partial charge on any atom is 0.203 e. The Morgan fingerprint density at radius 2 is 2.05 bits per heavy atom. The fourth-order valence-electron chi connectivity index (χ4n) is 2.45. The Morgan fingerprint density at radius 1 is 1.26 bits per heavy atom. The van der Waals surface area contributed by atoms with Crippen molar-refractivity contribution >= 4 is 17.0 Å². The van der Waals surface area contributed by atoms with Crippen molar-refractivity contribution in [3.8, 4) is 0 Å². The average Bonchev–Trinajstić information content (AvgIpc) is 2.90. The molecule has 1 saturated heterocycles. The number of fused-ring (bicyclic) bond motifs is 1. The van der Waals surface area contributed by atoms with E-state index >= 15 is 0 Å². The van der Waals surface area contributed by atoms with E-state index in [4.69, 9.17) is 0 Å². The van der Waals surface area contributed by atoms with E-state index in [9.17, 15) is 0 Å². The summed E-state index contributed by atoms with van der Waals surface area (Å²) in [6.07, 6.45) is 0. The van der Waals surface area contributed by atoms with Crippen molar-refractivity contribution in [2.45, 2.75) is 0 Å². The van der Waals surface area contributed by atoms with Gasteiger partial charge in [0, 0.05) is 46.3 Å². The van der Waals surface area contributed by atoms with Gasteiger partial charge >= 0.3 is 0 Å². The van der Waals surface area contributed by atoms with Crippen LogP contribution in [-0.2, 0) is 0 Å². The number of nitrogens with one attached hydrogen (secondary N) is 2. The van der Waals surface area contributed by atoms with Gasteiger partial charge in [-0.05, 0) is 12.1 Å². The number of nitrogens with zero attached hydrogens (tertiary/aromatic N) is 3. The van der Waals surface area contributed by atoms with Crippen LogP contribution in [-0.4, -0.2) is 61.2 Å². The lowest BCUT2D eigenvalue weighted by atomic mass is 10.3. The molecule has 0 spiro atoms. The van der Waals surface area contributed by atoms with Crippen LogP contribution < -0.4 is 10.2 Å². The highest BCUT2D eigenvalue weighted by atomic mass is 15.3. The van der Waals surface area contributed by atoms with Crippen molar-refractivity contribution in [2.24, 2.45) is 0 Å². The van der Waals surface area contributed by atoms with Gasteiger partial charge < -0.3 is 15.2 Å². The van der Waals surface area contributed by atoms with Crippen LogP contribution >= 0.6 is 0 Å². The number of imidazole rings is 1. The Labute approximate surface area is 113 Å². The zero-order chi connectivity index (χ0) is 13.1. The van der Waals surface area contributed by atoms with Crippen LogP contribution in [0.5, 0.6) is 0 Å². The van der Waals surface area contributed by atoms with Crippen LogP contribution in [0.1, 0.15) is 0 Å². The van der Waals surface area contributed by atoms with E-state index in [0.717, 1.165) is 56.3 Å². The molecule has 0 unspecified atom stereocenters. The maximum atomic E-state index is 4.62. The van der Waals surface area contributed by atoms with E-state index in [1.807, 2.05) is 18.2 Å². The number of piperazine rings is 1. The van der Waals surface area contributed by atoms with Crippen LogP contribution in [0.15, 0.2) is 24.3 Å². The van der Waals surface area contributed by atoms with Crippen LogP contribution in [0.25, 0.3) is 11.0 Å². The summed E-state index contributed by atoms with van der Waals surface area (Å²) in [7, 11) is 2.10. The van der Waals surface area contributed by atoms with E-state index in [1.165, 1.54) is 0 Å². The minimum atomic E-state index is 0.955. The molecule has 0 bridgehead atoms. The standard InChI is InChI=1S/C14H21N5/c1-18(10-11-19-8-6-15-7-9-19)14-16-12-4-2-3-5-13(12)17-14/h2-5,15H,6-11H2,1H3,(H,16,17). The molecule has 1 aliphatic rings. The first-order chi connectivity index (χ1) is 9.33. The molecule has 2 heterocycles. The number of para-hydroxylation sites is 2. The van der Waals surface area contributed by atoms with Crippen molar-refractivity contribution in [3.05, 3.63) is 24.3 Å². The normalized spacial score (nSPS) is 16.9. The summed E-state index contributed by atoms with van der Waals surface area (Å²) in [4.78, 5) is 12.7. The van der Waals surface area contributed by atoms with Gasteiger partial charge in [0.1, 0.15) is 0 Å². The van der Waals surface area contributed by atoms with Crippen LogP contribution in [0, 0.1) is 0 Å². The molecule has 1 fully saturated rings. The van der Waals surface area contributed by atoms with E-state index in [0.29, 0.717) is 0 Å². The van der Waals surface area contributed by atoms with E-state index in [-0.39, 0.29) is 0 Å². The molecule has 102 valence electrons. The molecule has 5 heteroatoms. The molecule has 0 atom stereocenters. The van der Waals surface area contributed by atoms with Gasteiger partial charge in [-0.25, -0.2) is 4.98 Å². The molecule has 1 aliphatic heterocycles. The molecule has 2 aromatic rings. The van der Waals surface area contributed by atoms with Crippen LogP contribution in [0.4, 0.5) is 5.95 Å². The molecule has 1 aromatic carbocycles. The number of H-pyrrole nitrogens is 1. The third kappa shape index (κ3) is 2.88. The fourth-order valence-corrected chi connectivity index (χ4v) is 2.45. The van der Waals surface area contributed by atoms with Crippen LogP contribution in [0.3, 0.4) is 0 Å². The monoisotopic (exact) mass is 259 g/mol. The molecule has 0 aliphatic carbocycles. The largest absolute Gasteiger partial charge is 0.344 e. The molecular weight excluding hydrogens is 238 g/mol. The highest BCUT2D eigenvalue weighted by Gasteiger charge is 2.12. The highest BCUT2D eigenvalue weighted by molar-refractivity contribution is 5.77. The third-order valence-corrected chi connectivity index (χ3v) is 3.70. The second kappa shape index (κ2) is 5.59. The van der Waals surface area contributed by atoms with Crippen molar-refractivity contribution in [1.82, 2.24) is 20.2 Å². The summed E-state index contributed by atoms with van der Waals surface area (Å²) in [5.41, 5.74) is 2.14. The van der Waals surface area contributed by atoms with Gasteiger partial charge in [0.2, 0.25) is 5.95 Å². The van der Waals surface area contributed by atoms with Crippen molar-refractivity contribution in [2.75, 3.05) is 51.2 Å². The summed E-state index contributed by atoms with van der Waals surface area (Å²) >= 11 is 0. The summed E-state index contributed by atoms with van der Waals surface area (Å²) in [5.74, 6) is 0.955. The molecule has 2 N–H and O–H groups in total. The first-order valence-corrected chi connectivity index (χ1v) is 6.92. The predicted molar refractivity (Wildman–Crippen MR) is 78.7 cm³/mol. The minimum Gasteiger partial charge on any atom is -0.344 e. The van der Waals surface area contributed by atoms with Gasteiger partial charge in [-0.2, -0.15) is 0 Å². The second-order valence-corrected chi connectivity index (χ2v) is 5.09. The number of aromatic amines is 1. The number of anilines is 1. The Morgan fingerprint density at radius 3 is 2.84 bits per heavy atom. The SMILES string of the molecule is CN(CCN1CCNCC1)c1nc2ccccc2[nH]1. The molecule has 1 aromatic heterocycles. The molecule has 19 heavy (non-hydrogen) atoms. The Kier molecular flexibility index (Phi) is 3.66. The number of benzene rings is 1. The molecule has 0 saturated carbocycles. The second-order valence-electron chi connectivity index (χ2n) is 5.09. The third-order valence-electron chi connectivity index (χ3n) is 3.70. The summed E-state index contributed by atoms with van der Waals surface area (Å²) < 4.78 is 0. The van der Waals surface area contributed by atoms with Crippen molar-refractivity contribution in [3.63, 3.8) is 0 Å². The van der Waals surface area contributed by atoms with Crippen LogP contribution in [0.2, 0.25) is 0 Å². The van der Waals surface area contributed by atoms with E-state index < -0.39 is 0 Å². The van der Waals surface area contributed by atoms with Gasteiger partial charge in [0.25, 0.3) is 0 Å². The minimum absolute atomic E-state index is 0.955. The quantitative estimate of drug-likeness (QED) is 0.856. The molecule has 0 radical (unpaired) electrons. The number of aromatic nitrogens is 2. The smallest absolute Gasteiger partial charge is 0.203 e. The van der Waals surface area contributed by atoms with Crippen molar-refractivity contribution in [1.29, 1.82) is 0 Å². The number of hydrogen-bond acceptors (Lipinski definition) is 4. The lowest BCUT2D eigenvalue weighted by Crippen LogP contribution is -2.46. The van der Waals surface area contributed by atoms with Gasteiger partial charge in [-0.3, -0.25) is 4.90 Å². The zero-order valence-electron chi connectivity index (χ0n) is 11.4. The van der Waals surface area contributed by atoms with Gasteiger partial charge in [0.05, 0.1) is 11.0 Å². The summed E-state index contributed by atoms with van der Waals surface area (Å²) in [6, 6.07) is 8.16. The Balaban J connectivity index is 1.61. The summed E-state index contributed by atoms with van der Waals surface area (Å²) in [5, 5.41) is 3.38. The van der Waals surface area contributed by atoms with E-state index in [1.54, 1.807) is 0 Å². The highest BCUT2D eigenvalue weighted by Crippen LogP contribution is 2.15. The Bertz CT molecular complexity index is 496. The zero-order valence-corrected chi connectivity index (χ0v) is 11.4. The first kappa shape index (κ1) is 12.4. The molecule has 0 amide bonds. The number of rotatable bonds is 4. The predicted octanol–water partition coefficient (Wildman–Crippen LogP) is 0.904. The van der Waals surface area contributed by atoms with E-state index in [2.05, 4.69) is 38.2 Å². The number of hydrogen-bond donors (Lipinski definition) is 2. The lowest BCUT2D eigenvalue weighted by molar-refractivity contribution is 0.246. The number of likely N-dealkylation sites (N-methyl/N-ethyl adjacent to an activating group) is 1.